The minimum absolute atomic E-state index is 0.00156. The lowest BCUT2D eigenvalue weighted by molar-refractivity contribution is 0.0636. The zero-order valence-electron chi connectivity index (χ0n) is 17.9. The number of hydrogen-bond donors (Lipinski definition) is 2. The third-order valence-electron chi connectivity index (χ3n) is 6.17. The van der Waals surface area contributed by atoms with E-state index in [4.69, 9.17) is 0 Å². The Morgan fingerprint density at radius 1 is 1.10 bits per heavy atom. The van der Waals surface area contributed by atoms with Gasteiger partial charge in [-0.05, 0) is 55.2 Å². The SMILES string of the molecule is Cc1ccc2[nH]c3c(c2c1)CC(NC(=O)c1ccc2c(c1)C(=O)N(CC(C)C)C2=O)C3. The first-order valence-corrected chi connectivity index (χ1v) is 10.7. The molecule has 0 saturated heterocycles. The lowest BCUT2D eigenvalue weighted by atomic mass is 10.0. The Morgan fingerprint density at radius 3 is 2.65 bits per heavy atom. The normalized spacial score (nSPS) is 17.5. The van der Waals surface area contributed by atoms with Gasteiger partial charge >= 0.3 is 0 Å². The summed E-state index contributed by atoms with van der Waals surface area (Å²) < 4.78 is 0. The van der Waals surface area contributed by atoms with Crippen LogP contribution in [0.4, 0.5) is 0 Å². The number of nitrogens with zero attached hydrogens (tertiary/aromatic N) is 1. The molecule has 1 aliphatic carbocycles. The summed E-state index contributed by atoms with van der Waals surface area (Å²) in [7, 11) is 0. The summed E-state index contributed by atoms with van der Waals surface area (Å²) in [5, 5.41) is 4.32. The predicted octanol–water partition coefficient (Wildman–Crippen LogP) is 3.63. The number of aromatic amines is 1. The van der Waals surface area contributed by atoms with Crippen molar-refractivity contribution in [2.24, 2.45) is 5.92 Å². The summed E-state index contributed by atoms with van der Waals surface area (Å²) in [6.07, 6.45) is 1.52. The Labute approximate surface area is 180 Å². The largest absolute Gasteiger partial charge is 0.358 e. The Balaban J connectivity index is 1.33. The maximum Gasteiger partial charge on any atom is 0.261 e. The van der Waals surface area contributed by atoms with Gasteiger partial charge in [0.05, 0.1) is 11.1 Å². The van der Waals surface area contributed by atoms with Gasteiger partial charge < -0.3 is 10.3 Å². The van der Waals surface area contributed by atoms with E-state index in [0.717, 1.165) is 18.4 Å². The average molecular weight is 415 g/mol. The van der Waals surface area contributed by atoms with Gasteiger partial charge in [-0.3, -0.25) is 19.3 Å². The van der Waals surface area contributed by atoms with Crippen LogP contribution in [0.25, 0.3) is 10.9 Å². The Kier molecular flexibility index (Phi) is 4.46. The van der Waals surface area contributed by atoms with Crippen LogP contribution >= 0.6 is 0 Å². The van der Waals surface area contributed by atoms with E-state index in [1.54, 1.807) is 18.2 Å². The van der Waals surface area contributed by atoms with Crippen molar-refractivity contribution in [2.45, 2.75) is 39.7 Å². The minimum Gasteiger partial charge on any atom is -0.358 e. The van der Waals surface area contributed by atoms with Crippen molar-refractivity contribution in [1.29, 1.82) is 0 Å². The first-order valence-electron chi connectivity index (χ1n) is 10.7. The third kappa shape index (κ3) is 3.23. The number of H-pyrrole nitrogens is 1. The molecular formula is C25H25N3O3. The molecule has 2 heterocycles. The van der Waals surface area contributed by atoms with Crippen LogP contribution < -0.4 is 5.32 Å². The molecule has 6 heteroatoms. The number of aromatic nitrogens is 1. The molecular weight excluding hydrogens is 390 g/mol. The highest BCUT2D eigenvalue weighted by Crippen LogP contribution is 2.31. The van der Waals surface area contributed by atoms with Gasteiger partial charge in [0.2, 0.25) is 0 Å². The quantitative estimate of drug-likeness (QED) is 0.639. The van der Waals surface area contributed by atoms with Crippen molar-refractivity contribution in [3.8, 4) is 0 Å². The molecule has 2 N–H and O–H groups in total. The lowest BCUT2D eigenvalue weighted by Crippen LogP contribution is -2.35. The van der Waals surface area contributed by atoms with Gasteiger partial charge in [-0.25, -0.2) is 0 Å². The molecule has 2 aliphatic rings. The number of amides is 3. The van der Waals surface area contributed by atoms with Gasteiger partial charge in [-0.15, -0.1) is 0 Å². The Morgan fingerprint density at radius 2 is 1.87 bits per heavy atom. The first kappa shape index (κ1) is 19.5. The molecule has 5 rings (SSSR count). The molecule has 0 fully saturated rings. The standard InChI is InChI=1S/C25H25N3O3/c1-13(2)12-28-24(30)17-6-5-15(9-20(17)25(28)31)23(29)26-16-10-19-18-8-14(3)4-7-21(18)27-22(19)11-16/h4-9,13,16,27H,10-12H2,1-3H3,(H,26,29). The van der Waals surface area contributed by atoms with Crippen molar-refractivity contribution in [1.82, 2.24) is 15.2 Å². The molecule has 0 saturated carbocycles. The summed E-state index contributed by atoms with van der Waals surface area (Å²) in [5.41, 5.74) is 5.88. The van der Waals surface area contributed by atoms with Gasteiger partial charge in [0.25, 0.3) is 17.7 Å². The summed E-state index contributed by atoms with van der Waals surface area (Å²) in [6, 6.07) is 11.2. The van der Waals surface area contributed by atoms with Crippen molar-refractivity contribution >= 4 is 28.6 Å². The number of hydrogen-bond acceptors (Lipinski definition) is 3. The van der Waals surface area contributed by atoms with Gasteiger partial charge in [0.1, 0.15) is 0 Å². The van der Waals surface area contributed by atoms with E-state index in [1.807, 2.05) is 13.8 Å². The number of imide groups is 1. The van der Waals surface area contributed by atoms with E-state index in [-0.39, 0.29) is 29.7 Å². The molecule has 3 aromatic rings. The molecule has 0 bridgehead atoms. The average Bonchev–Trinajstić information content (AvgIpc) is 3.34. The molecule has 1 atom stereocenters. The van der Waals surface area contributed by atoms with Crippen LogP contribution in [-0.2, 0) is 12.8 Å². The van der Waals surface area contributed by atoms with E-state index in [9.17, 15) is 14.4 Å². The number of carbonyl (C=O) groups excluding carboxylic acids is 3. The van der Waals surface area contributed by atoms with Crippen molar-refractivity contribution in [3.63, 3.8) is 0 Å². The van der Waals surface area contributed by atoms with E-state index in [1.165, 1.54) is 27.1 Å². The fourth-order valence-electron chi connectivity index (χ4n) is 4.72. The lowest BCUT2D eigenvalue weighted by Gasteiger charge is -2.15. The molecule has 6 nitrogen and oxygen atoms in total. The maximum atomic E-state index is 12.9. The highest BCUT2D eigenvalue weighted by Gasteiger charge is 2.36. The van der Waals surface area contributed by atoms with Crippen molar-refractivity contribution < 1.29 is 14.4 Å². The minimum atomic E-state index is -0.318. The molecule has 1 unspecified atom stereocenters. The van der Waals surface area contributed by atoms with Crippen molar-refractivity contribution in [3.05, 3.63) is 69.9 Å². The molecule has 31 heavy (non-hydrogen) atoms. The van der Waals surface area contributed by atoms with E-state index in [0.29, 0.717) is 23.2 Å². The molecule has 1 aliphatic heterocycles. The predicted molar refractivity (Wildman–Crippen MR) is 118 cm³/mol. The second-order valence-corrected chi connectivity index (χ2v) is 9.08. The van der Waals surface area contributed by atoms with Crippen LogP contribution in [0.3, 0.4) is 0 Å². The fourth-order valence-corrected chi connectivity index (χ4v) is 4.72. The number of aryl methyl sites for hydroxylation is 1. The Bertz CT molecular complexity index is 1250. The maximum absolute atomic E-state index is 12.9. The van der Waals surface area contributed by atoms with Crippen LogP contribution in [0, 0.1) is 12.8 Å². The topological polar surface area (TPSA) is 82.3 Å². The summed E-state index contributed by atoms with van der Waals surface area (Å²) in [4.78, 5) is 42.9. The zero-order valence-corrected chi connectivity index (χ0v) is 17.9. The number of carbonyl (C=O) groups is 3. The smallest absolute Gasteiger partial charge is 0.261 e. The van der Waals surface area contributed by atoms with Crippen LogP contribution in [0.5, 0.6) is 0 Å². The van der Waals surface area contributed by atoms with E-state index in [2.05, 4.69) is 35.4 Å². The highest BCUT2D eigenvalue weighted by atomic mass is 16.2. The van der Waals surface area contributed by atoms with E-state index < -0.39 is 0 Å². The highest BCUT2D eigenvalue weighted by molar-refractivity contribution is 6.22. The molecule has 0 spiro atoms. The van der Waals surface area contributed by atoms with Crippen LogP contribution in [-0.4, -0.2) is 40.2 Å². The van der Waals surface area contributed by atoms with Gasteiger partial charge in [0, 0.05) is 41.2 Å². The van der Waals surface area contributed by atoms with Gasteiger partial charge in [0.15, 0.2) is 0 Å². The summed E-state index contributed by atoms with van der Waals surface area (Å²) >= 11 is 0. The second kappa shape index (κ2) is 7.08. The van der Waals surface area contributed by atoms with Gasteiger partial charge in [-0.1, -0.05) is 25.5 Å². The number of fused-ring (bicyclic) bond motifs is 4. The molecule has 1 aromatic heterocycles. The molecule has 3 amide bonds. The van der Waals surface area contributed by atoms with Crippen molar-refractivity contribution in [2.75, 3.05) is 6.54 Å². The first-order chi connectivity index (χ1) is 14.8. The number of nitrogens with one attached hydrogen (secondary N) is 2. The Hall–Kier alpha value is -3.41. The van der Waals surface area contributed by atoms with Crippen LogP contribution in [0.2, 0.25) is 0 Å². The second-order valence-electron chi connectivity index (χ2n) is 9.08. The van der Waals surface area contributed by atoms with E-state index >= 15 is 0 Å². The number of rotatable bonds is 4. The fraction of sp³-hybridized carbons (Fsp3) is 0.320. The summed E-state index contributed by atoms with van der Waals surface area (Å²) in [5.74, 6) is -0.636. The molecule has 0 radical (unpaired) electrons. The monoisotopic (exact) mass is 415 g/mol. The third-order valence-corrected chi connectivity index (χ3v) is 6.17. The van der Waals surface area contributed by atoms with Crippen LogP contribution in [0.1, 0.15) is 61.7 Å². The van der Waals surface area contributed by atoms with Crippen LogP contribution in [0.15, 0.2) is 36.4 Å². The van der Waals surface area contributed by atoms with Gasteiger partial charge in [-0.2, -0.15) is 0 Å². The number of benzene rings is 2. The molecule has 2 aromatic carbocycles. The molecule has 158 valence electrons. The zero-order chi connectivity index (χ0) is 21.9. The summed E-state index contributed by atoms with van der Waals surface area (Å²) in [6.45, 7) is 6.38.